The molecule has 0 radical (unpaired) electrons. The minimum absolute atomic E-state index is 0.250. The van der Waals surface area contributed by atoms with Crippen molar-refractivity contribution in [2.45, 2.75) is 9.10 Å². The number of esters is 1. The van der Waals surface area contributed by atoms with Crippen LogP contribution in [0.1, 0.15) is 10.4 Å². The highest BCUT2D eigenvalue weighted by Gasteiger charge is 2.21. The molecule has 0 aliphatic heterocycles. The van der Waals surface area contributed by atoms with Crippen molar-refractivity contribution in [1.29, 1.82) is 0 Å². The normalized spacial score (nSPS) is 12.9. The van der Waals surface area contributed by atoms with Gasteiger partial charge in [0.25, 0.3) is 0 Å². The molecule has 1 aromatic heterocycles. The number of carbonyl (C=O) groups is 1. The highest BCUT2D eigenvalue weighted by molar-refractivity contribution is 7.94. The number of anilines is 2. The third-order valence-electron chi connectivity index (χ3n) is 3.63. The molecule has 1 heterocycles. The first-order chi connectivity index (χ1) is 13.9. The van der Waals surface area contributed by atoms with Crippen molar-refractivity contribution in [3.8, 4) is 0 Å². The van der Waals surface area contributed by atoms with Crippen molar-refractivity contribution in [1.82, 2.24) is 0 Å². The number of thiophene rings is 1. The fourth-order valence-electron chi connectivity index (χ4n) is 2.23. The third-order valence-corrected chi connectivity index (χ3v) is 7.77. The van der Waals surface area contributed by atoms with Crippen LogP contribution in [0.15, 0.2) is 63.0 Å². The molecule has 0 amide bonds. The van der Waals surface area contributed by atoms with E-state index in [1.54, 1.807) is 24.3 Å². The van der Waals surface area contributed by atoms with Crippen LogP contribution in [-0.4, -0.2) is 22.2 Å². The molecule has 6 nitrogen and oxygen atoms in total. The average Bonchev–Trinajstić information content (AvgIpc) is 3.26. The van der Waals surface area contributed by atoms with E-state index in [0.717, 1.165) is 0 Å². The standard InChI is InChI=1S/C18H14Cl2N2O4S3/c1-26-18(23)11-4-6-12(7-5-11)28(24)21-15-9-13(19)14(20)10-16(15)22-29(25)17-3-2-8-27-17/h2-10,21-22H,1H3. The molecule has 0 spiro atoms. The number of methoxy groups -OCH3 is 1. The molecular formula is C18H14Cl2N2O4S3. The van der Waals surface area contributed by atoms with Crippen LogP contribution in [0, 0.1) is 0 Å². The van der Waals surface area contributed by atoms with E-state index in [2.05, 4.69) is 14.2 Å². The van der Waals surface area contributed by atoms with Gasteiger partial charge in [0.15, 0.2) is 4.90 Å². The molecule has 0 bridgehead atoms. The van der Waals surface area contributed by atoms with Gasteiger partial charge in [-0.15, -0.1) is 0 Å². The van der Waals surface area contributed by atoms with E-state index < -0.39 is 28.7 Å². The lowest BCUT2D eigenvalue weighted by atomic mass is 10.2. The van der Waals surface area contributed by atoms with Crippen LogP contribution in [0.4, 0.5) is 11.4 Å². The summed E-state index contributed by atoms with van der Waals surface area (Å²) in [5.41, 5.74) is 1.09. The van der Waals surface area contributed by atoms with E-state index in [0.29, 0.717) is 26.0 Å². The van der Waals surface area contributed by atoms with Crippen LogP contribution < -0.4 is 9.44 Å². The fraction of sp³-hybridized carbons (Fsp3) is 0.0556. The van der Waals surface area contributed by atoms with Gasteiger partial charge in [-0.3, -0.25) is 0 Å². The molecule has 0 aliphatic carbocycles. The number of benzene rings is 2. The second kappa shape index (κ2) is 9.94. The largest absolute Gasteiger partial charge is 0.588 e. The smallest absolute Gasteiger partial charge is 0.337 e. The third kappa shape index (κ3) is 5.52. The molecule has 0 aliphatic rings. The molecule has 29 heavy (non-hydrogen) atoms. The second-order valence-corrected chi connectivity index (χ2v) is 9.92. The molecule has 2 unspecified atom stereocenters. The highest BCUT2D eigenvalue weighted by atomic mass is 35.5. The van der Waals surface area contributed by atoms with Gasteiger partial charge in [0.1, 0.15) is 34.1 Å². The monoisotopic (exact) mass is 488 g/mol. The van der Waals surface area contributed by atoms with Gasteiger partial charge >= 0.3 is 5.97 Å². The molecular weight excluding hydrogens is 475 g/mol. The van der Waals surface area contributed by atoms with Crippen LogP contribution in [0.3, 0.4) is 0 Å². The van der Waals surface area contributed by atoms with E-state index in [9.17, 15) is 13.9 Å². The highest BCUT2D eigenvalue weighted by Crippen LogP contribution is 2.35. The number of nitrogens with one attached hydrogen (secondary N) is 2. The Morgan fingerprint density at radius 2 is 1.59 bits per heavy atom. The fourth-order valence-corrected chi connectivity index (χ4v) is 5.18. The van der Waals surface area contributed by atoms with Crippen molar-refractivity contribution in [2.24, 2.45) is 0 Å². The number of ether oxygens (including phenoxy) is 1. The molecule has 11 heteroatoms. The van der Waals surface area contributed by atoms with Gasteiger partial charge in [-0.05, 0) is 47.8 Å². The molecule has 0 fully saturated rings. The number of carbonyl (C=O) groups excluding carboxylic acids is 1. The Hall–Kier alpha value is -1.59. The van der Waals surface area contributed by atoms with Gasteiger partial charge in [-0.1, -0.05) is 34.5 Å². The van der Waals surface area contributed by atoms with E-state index in [4.69, 9.17) is 23.2 Å². The van der Waals surface area contributed by atoms with Gasteiger partial charge in [0.05, 0.1) is 22.7 Å². The molecule has 3 aromatic rings. The summed E-state index contributed by atoms with van der Waals surface area (Å²) in [6, 6.07) is 12.7. The average molecular weight is 489 g/mol. The van der Waals surface area contributed by atoms with Crippen LogP contribution in [0.5, 0.6) is 0 Å². The van der Waals surface area contributed by atoms with Crippen molar-refractivity contribution in [3.05, 3.63) is 69.5 Å². The molecule has 152 valence electrons. The van der Waals surface area contributed by atoms with Crippen molar-refractivity contribution in [2.75, 3.05) is 16.6 Å². The van der Waals surface area contributed by atoms with Crippen LogP contribution >= 0.6 is 34.5 Å². The lowest BCUT2D eigenvalue weighted by molar-refractivity contribution is 0.0600. The number of hydrogen-bond donors (Lipinski definition) is 2. The minimum Gasteiger partial charge on any atom is -0.588 e. The van der Waals surface area contributed by atoms with Gasteiger partial charge < -0.3 is 13.8 Å². The summed E-state index contributed by atoms with van der Waals surface area (Å²) >= 11 is 10.3. The summed E-state index contributed by atoms with van der Waals surface area (Å²) in [4.78, 5) is 11.9. The van der Waals surface area contributed by atoms with Crippen LogP contribution in [0.25, 0.3) is 0 Å². The van der Waals surface area contributed by atoms with Gasteiger partial charge in [-0.25, -0.2) is 14.2 Å². The van der Waals surface area contributed by atoms with Crippen molar-refractivity contribution < 1.29 is 18.6 Å². The summed E-state index contributed by atoms with van der Waals surface area (Å²) < 4.78 is 36.2. The van der Waals surface area contributed by atoms with E-state index in [-0.39, 0.29) is 10.0 Å². The molecule has 3 rings (SSSR count). The summed E-state index contributed by atoms with van der Waals surface area (Å²) in [6.45, 7) is 0. The molecule has 0 saturated heterocycles. The quantitative estimate of drug-likeness (QED) is 0.354. The molecule has 2 N–H and O–H groups in total. The maximum atomic E-state index is 12.7. The maximum Gasteiger partial charge on any atom is 0.337 e. The maximum absolute atomic E-state index is 12.7. The first-order valence-electron chi connectivity index (χ1n) is 7.97. The minimum atomic E-state index is -1.67. The Balaban J connectivity index is 1.82. The van der Waals surface area contributed by atoms with E-state index in [1.807, 2.05) is 5.38 Å². The lowest BCUT2D eigenvalue weighted by Crippen LogP contribution is -2.17. The Morgan fingerprint density at radius 1 is 1.00 bits per heavy atom. The Labute approximate surface area is 187 Å². The summed E-state index contributed by atoms with van der Waals surface area (Å²) in [5.74, 6) is -0.484. The van der Waals surface area contributed by atoms with E-state index >= 15 is 0 Å². The zero-order valence-electron chi connectivity index (χ0n) is 14.8. The Kier molecular flexibility index (Phi) is 7.58. The van der Waals surface area contributed by atoms with E-state index in [1.165, 1.54) is 42.7 Å². The summed E-state index contributed by atoms with van der Waals surface area (Å²) in [5, 5.41) is 2.33. The van der Waals surface area contributed by atoms with Crippen LogP contribution in [-0.2, 0) is 27.5 Å². The predicted molar refractivity (Wildman–Crippen MR) is 119 cm³/mol. The van der Waals surface area contributed by atoms with Crippen LogP contribution in [0.2, 0.25) is 10.0 Å². The number of halogens is 2. The van der Waals surface area contributed by atoms with Gasteiger partial charge in [0.2, 0.25) is 4.21 Å². The summed E-state index contributed by atoms with van der Waals surface area (Å²) in [7, 11) is 1.29. The predicted octanol–water partition coefficient (Wildman–Crippen LogP) is 5.11. The topological polar surface area (TPSA) is 96.5 Å². The zero-order valence-corrected chi connectivity index (χ0v) is 18.8. The van der Waals surface area contributed by atoms with Gasteiger partial charge in [0, 0.05) is 6.07 Å². The molecule has 2 atom stereocenters. The first-order valence-corrected chi connectivity index (χ1v) is 11.9. The molecule has 0 saturated carbocycles. The number of hydrogen-bond acceptors (Lipinski definition) is 7. The van der Waals surface area contributed by atoms with Crippen molar-refractivity contribution in [3.63, 3.8) is 0 Å². The van der Waals surface area contributed by atoms with Crippen molar-refractivity contribution >= 4 is 74.6 Å². The Bertz CT molecular complexity index is 988. The summed E-state index contributed by atoms with van der Waals surface area (Å²) in [6.07, 6.45) is 0. The lowest BCUT2D eigenvalue weighted by Gasteiger charge is -2.17. The second-order valence-electron chi connectivity index (χ2n) is 5.50. The van der Waals surface area contributed by atoms with Gasteiger partial charge in [-0.2, -0.15) is 0 Å². The zero-order chi connectivity index (χ0) is 21.0. The number of rotatable bonds is 7. The Morgan fingerprint density at radius 3 is 2.10 bits per heavy atom. The first kappa shape index (κ1) is 22.1. The molecule has 2 aromatic carbocycles. The SMILES string of the molecule is COC(=O)c1ccc([S+]([O-])Nc2cc(Cl)c(Cl)cc2N[S+]([O-])c2cccs2)cc1.